The summed E-state index contributed by atoms with van der Waals surface area (Å²) in [7, 11) is 0. The lowest BCUT2D eigenvalue weighted by Crippen LogP contribution is -2.33. The van der Waals surface area contributed by atoms with Crippen molar-refractivity contribution in [2.45, 2.75) is 30.7 Å². The Hall–Kier alpha value is -0.510. The SMILES string of the molecule is CCSc1ccc(C(C)(N)CCO)cc1. The van der Waals surface area contributed by atoms with E-state index in [0.29, 0.717) is 6.42 Å². The van der Waals surface area contributed by atoms with Crippen LogP contribution in [0.1, 0.15) is 25.8 Å². The summed E-state index contributed by atoms with van der Waals surface area (Å²) in [6, 6.07) is 8.28. The first-order valence-electron chi connectivity index (χ1n) is 5.23. The van der Waals surface area contributed by atoms with Crippen molar-refractivity contribution >= 4 is 11.8 Å². The molecule has 3 heteroatoms. The highest BCUT2D eigenvalue weighted by Crippen LogP contribution is 2.24. The molecule has 1 aromatic carbocycles. The van der Waals surface area contributed by atoms with E-state index in [1.165, 1.54) is 4.90 Å². The Morgan fingerprint density at radius 2 is 1.93 bits per heavy atom. The molecule has 15 heavy (non-hydrogen) atoms. The Morgan fingerprint density at radius 1 is 1.33 bits per heavy atom. The molecule has 1 rings (SSSR count). The molecule has 0 fully saturated rings. The van der Waals surface area contributed by atoms with Crippen molar-refractivity contribution in [3.05, 3.63) is 29.8 Å². The number of aliphatic hydroxyl groups is 1. The minimum atomic E-state index is -0.426. The number of hydrogen-bond donors (Lipinski definition) is 2. The summed E-state index contributed by atoms with van der Waals surface area (Å²) in [5.74, 6) is 1.08. The maximum atomic E-state index is 8.92. The molecule has 84 valence electrons. The maximum absolute atomic E-state index is 8.92. The second-order valence-corrected chi connectivity index (χ2v) is 5.19. The van der Waals surface area contributed by atoms with Gasteiger partial charge in [-0.1, -0.05) is 19.1 Å². The van der Waals surface area contributed by atoms with Crippen LogP contribution in [-0.4, -0.2) is 17.5 Å². The van der Waals surface area contributed by atoms with Crippen LogP contribution in [0, 0.1) is 0 Å². The van der Waals surface area contributed by atoms with Gasteiger partial charge >= 0.3 is 0 Å². The third kappa shape index (κ3) is 3.52. The summed E-state index contributed by atoms with van der Waals surface area (Å²) in [5.41, 5.74) is 6.76. The molecule has 1 aromatic rings. The second-order valence-electron chi connectivity index (χ2n) is 3.85. The lowest BCUT2D eigenvalue weighted by molar-refractivity contribution is 0.247. The molecule has 0 spiro atoms. The first-order valence-corrected chi connectivity index (χ1v) is 6.22. The zero-order valence-electron chi connectivity index (χ0n) is 9.36. The van der Waals surface area contributed by atoms with E-state index in [0.717, 1.165) is 11.3 Å². The Bertz CT molecular complexity index is 295. The molecule has 0 radical (unpaired) electrons. The Kier molecular flexibility index (Phi) is 4.64. The van der Waals surface area contributed by atoms with Gasteiger partial charge in [-0.3, -0.25) is 0 Å². The largest absolute Gasteiger partial charge is 0.396 e. The molecule has 0 amide bonds. The summed E-state index contributed by atoms with van der Waals surface area (Å²) in [5, 5.41) is 8.92. The first-order chi connectivity index (χ1) is 7.10. The van der Waals surface area contributed by atoms with Crippen LogP contribution < -0.4 is 5.73 Å². The molecule has 0 saturated carbocycles. The van der Waals surface area contributed by atoms with Gasteiger partial charge in [0.1, 0.15) is 0 Å². The average Bonchev–Trinajstić information content (AvgIpc) is 2.19. The minimum Gasteiger partial charge on any atom is -0.396 e. The van der Waals surface area contributed by atoms with Gasteiger partial charge in [-0.15, -0.1) is 11.8 Å². The van der Waals surface area contributed by atoms with E-state index < -0.39 is 5.54 Å². The van der Waals surface area contributed by atoms with Crippen molar-refractivity contribution in [1.82, 2.24) is 0 Å². The molecule has 0 aliphatic heterocycles. The van der Waals surface area contributed by atoms with Gasteiger partial charge in [0.05, 0.1) is 0 Å². The minimum absolute atomic E-state index is 0.123. The van der Waals surface area contributed by atoms with E-state index in [9.17, 15) is 0 Å². The van der Waals surface area contributed by atoms with Gasteiger partial charge in [-0.25, -0.2) is 0 Å². The van der Waals surface area contributed by atoms with E-state index in [2.05, 4.69) is 19.1 Å². The maximum Gasteiger partial charge on any atom is 0.0451 e. The fourth-order valence-corrected chi connectivity index (χ4v) is 2.14. The fraction of sp³-hybridized carbons (Fsp3) is 0.500. The topological polar surface area (TPSA) is 46.2 Å². The molecule has 2 nitrogen and oxygen atoms in total. The predicted molar refractivity (Wildman–Crippen MR) is 66.1 cm³/mol. The number of aliphatic hydroxyl groups excluding tert-OH is 1. The van der Waals surface area contributed by atoms with Crippen LogP contribution in [0.3, 0.4) is 0 Å². The van der Waals surface area contributed by atoms with Crippen LogP contribution in [0.5, 0.6) is 0 Å². The standard InChI is InChI=1S/C12H19NOS/c1-3-15-11-6-4-10(5-7-11)12(2,13)8-9-14/h4-7,14H,3,8-9,13H2,1-2H3. The van der Waals surface area contributed by atoms with Crippen molar-refractivity contribution in [2.24, 2.45) is 5.73 Å². The highest BCUT2D eigenvalue weighted by atomic mass is 32.2. The zero-order valence-corrected chi connectivity index (χ0v) is 10.2. The summed E-state index contributed by atoms with van der Waals surface area (Å²) in [6.07, 6.45) is 0.591. The van der Waals surface area contributed by atoms with Gasteiger partial charge in [0.15, 0.2) is 0 Å². The van der Waals surface area contributed by atoms with Crippen LogP contribution >= 0.6 is 11.8 Å². The van der Waals surface area contributed by atoms with Crippen molar-refractivity contribution < 1.29 is 5.11 Å². The van der Waals surface area contributed by atoms with E-state index >= 15 is 0 Å². The molecule has 0 saturated heterocycles. The fourth-order valence-electron chi connectivity index (χ4n) is 1.48. The first kappa shape index (κ1) is 12.6. The Morgan fingerprint density at radius 3 is 2.40 bits per heavy atom. The number of nitrogens with two attached hydrogens (primary N) is 1. The molecule has 0 bridgehead atoms. The highest BCUT2D eigenvalue weighted by molar-refractivity contribution is 7.99. The van der Waals surface area contributed by atoms with Crippen molar-refractivity contribution in [1.29, 1.82) is 0 Å². The summed E-state index contributed by atoms with van der Waals surface area (Å²) in [4.78, 5) is 1.26. The average molecular weight is 225 g/mol. The van der Waals surface area contributed by atoms with E-state index in [1.54, 1.807) is 0 Å². The third-order valence-electron chi connectivity index (χ3n) is 2.46. The lowest BCUT2D eigenvalue weighted by atomic mass is 9.90. The van der Waals surface area contributed by atoms with Crippen LogP contribution in [-0.2, 0) is 5.54 Å². The number of thioether (sulfide) groups is 1. The van der Waals surface area contributed by atoms with Crippen molar-refractivity contribution in [3.8, 4) is 0 Å². The smallest absolute Gasteiger partial charge is 0.0451 e. The normalized spacial score (nSPS) is 14.9. The van der Waals surface area contributed by atoms with Crippen LogP contribution in [0.15, 0.2) is 29.2 Å². The van der Waals surface area contributed by atoms with Crippen LogP contribution in [0.4, 0.5) is 0 Å². The van der Waals surface area contributed by atoms with Crippen molar-refractivity contribution in [2.75, 3.05) is 12.4 Å². The van der Waals surface area contributed by atoms with Gasteiger partial charge in [0, 0.05) is 17.0 Å². The molecule has 0 aliphatic carbocycles. The lowest BCUT2D eigenvalue weighted by Gasteiger charge is -2.24. The molecule has 3 N–H and O–H groups in total. The van der Waals surface area contributed by atoms with Gasteiger partial charge in [0.2, 0.25) is 0 Å². The Balaban J connectivity index is 2.78. The van der Waals surface area contributed by atoms with Crippen LogP contribution in [0.2, 0.25) is 0 Å². The number of benzene rings is 1. The predicted octanol–water partition coefficient (Wildman–Crippen LogP) is 2.35. The summed E-state index contributed by atoms with van der Waals surface area (Å²) >= 11 is 1.82. The zero-order chi connectivity index (χ0) is 11.3. The Labute approximate surface area is 95.9 Å². The monoisotopic (exact) mass is 225 g/mol. The van der Waals surface area contributed by atoms with Gasteiger partial charge in [0.25, 0.3) is 0 Å². The van der Waals surface area contributed by atoms with Gasteiger partial charge in [-0.2, -0.15) is 0 Å². The number of hydrogen-bond acceptors (Lipinski definition) is 3. The van der Waals surface area contributed by atoms with E-state index in [1.807, 2.05) is 30.8 Å². The molecular weight excluding hydrogens is 206 g/mol. The van der Waals surface area contributed by atoms with Crippen LogP contribution in [0.25, 0.3) is 0 Å². The molecular formula is C12H19NOS. The summed E-state index contributed by atoms with van der Waals surface area (Å²) in [6.45, 7) is 4.21. The third-order valence-corrected chi connectivity index (χ3v) is 3.35. The highest BCUT2D eigenvalue weighted by Gasteiger charge is 2.19. The van der Waals surface area contributed by atoms with Gasteiger partial charge < -0.3 is 10.8 Å². The van der Waals surface area contributed by atoms with Crippen molar-refractivity contribution in [3.63, 3.8) is 0 Å². The molecule has 0 aliphatic rings. The summed E-state index contributed by atoms with van der Waals surface area (Å²) < 4.78 is 0. The molecule has 0 heterocycles. The molecule has 0 aromatic heterocycles. The molecule has 1 unspecified atom stereocenters. The molecule has 1 atom stereocenters. The van der Waals surface area contributed by atoms with E-state index in [-0.39, 0.29) is 6.61 Å². The second kappa shape index (κ2) is 5.54. The van der Waals surface area contributed by atoms with Gasteiger partial charge in [-0.05, 0) is 36.8 Å². The quantitative estimate of drug-likeness (QED) is 0.756. The number of rotatable bonds is 5. The van der Waals surface area contributed by atoms with E-state index in [4.69, 9.17) is 10.8 Å².